The van der Waals surface area contributed by atoms with Crippen LogP contribution in [0.1, 0.15) is 19.8 Å². The van der Waals surface area contributed by atoms with Gasteiger partial charge in [-0.25, -0.2) is 4.79 Å². The molecule has 0 aromatic carbocycles. The fourth-order valence-electron chi connectivity index (χ4n) is 2.75. The van der Waals surface area contributed by atoms with Crippen molar-refractivity contribution in [2.75, 3.05) is 20.2 Å². The molecule has 8 nitrogen and oxygen atoms in total. The zero-order chi connectivity index (χ0) is 16.2. The first-order chi connectivity index (χ1) is 9.69. The molecule has 1 aliphatic rings. The number of hydrogen-bond donors (Lipinski definition) is 4. The van der Waals surface area contributed by atoms with Gasteiger partial charge in [-0.2, -0.15) is 0 Å². The van der Waals surface area contributed by atoms with Crippen molar-refractivity contribution in [2.45, 2.75) is 37.7 Å². The van der Waals surface area contributed by atoms with Gasteiger partial charge in [0, 0.05) is 13.1 Å². The fourth-order valence-corrected chi connectivity index (χ4v) is 2.75. The van der Waals surface area contributed by atoms with Gasteiger partial charge >= 0.3 is 13.1 Å². The van der Waals surface area contributed by atoms with E-state index in [4.69, 9.17) is 26.3 Å². The van der Waals surface area contributed by atoms with Crippen LogP contribution in [0, 0.1) is 5.92 Å². The number of methoxy groups -OCH3 is 1. The minimum atomic E-state index is -1.42. The number of nitrogens with zero attached hydrogens (tertiary/aromatic N) is 1. The Labute approximate surface area is 148 Å². The summed E-state index contributed by atoms with van der Waals surface area (Å²) in [5.41, 5.74) is 10.4. The Hall–Kier alpha value is -0.575. The van der Waals surface area contributed by atoms with Crippen LogP contribution in [0.15, 0.2) is 0 Å². The van der Waals surface area contributed by atoms with Gasteiger partial charge in [-0.15, -0.1) is 24.8 Å². The van der Waals surface area contributed by atoms with E-state index in [2.05, 4.69) is 0 Å². The van der Waals surface area contributed by atoms with E-state index in [0.29, 0.717) is 19.4 Å². The molecule has 1 unspecified atom stereocenters. The molecule has 0 radical (unpaired) electrons. The molecule has 1 fully saturated rings. The number of likely N-dealkylation sites (tertiary alicyclic amines) is 1. The summed E-state index contributed by atoms with van der Waals surface area (Å²) < 4.78 is 4.72. The van der Waals surface area contributed by atoms with Gasteiger partial charge in [-0.05, 0) is 25.6 Å². The molecule has 0 aromatic heterocycles. The van der Waals surface area contributed by atoms with E-state index >= 15 is 0 Å². The third-order valence-corrected chi connectivity index (χ3v) is 3.73. The number of rotatable bonds is 5. The third kappa shape index (κ3) is 6.82. The van der Waals surface area contributed by atoms with Crippen LogP contribution >= 0.6 is 24.8 Å². The predicted octanol–water partition coefficient (Wildman–Crippen LogP) is -1.24. The Morgan fingerprint density at radius 1 is 1.43 bits per heavy atom. The van der Waals surface area contributed by atoms with E-state index in [0.717, 1.165) is 0 Å². The van der Waals surface area contributed by atoms with Crippen molar-refractivity contribution >= 4 is 43.8 Å². The highest BCUT2D eigenvalue weighted by Crippen LogP contribution is 2.28. The molecule has 1 amide bonds. The summed E-state index contributed by atoms with van der Waals surface area (Å²) in [6.45, 7) is 2.01. The van der Waals surface area contributed by atoms with Crippen LogP contribution in [0.5, 0.6) is 0 Å². The van der Waals surface area contributed by atoms with Crippen LogP contribution in [0.2, 0.25) is 6.32 Å². The van der Waals surface area contributed by atoms with Gasteiger partial charge in [0.15, 0.2) is 0 Å². The topological polar surface area (TPSA) is 139 Å². The molecule has 136 valence electrons. The Morgan fingerprint density at radius 3 is 2.43 bits per heavy atom. The summed E-state index contributed by atoms with van der Waals surface area (Å²) in [5, 5.41) is 17.9. The van der Waals surface area contributed by atoms with Gasteiger partial charge < -0.3 is 31.2 Å². The molecule has 0 saturated carbocycles. The minimum Gasteiger partial charge on any atom is -0.468 e. The molecule has 1 heterocycles. The number of nitrogens with two attached hydrogens (primary N) is 2. The fraction of sp³-hybridized carbons (Fsp3) is 0.833. The average Bonchev–Trinajstić information content (AvgIpc) is 2.42. The third-order valence-electron chi connectivity index (χ3n) is 3.73. The van der Waals surface area contributed by atoms with Crippen LogP contribution in [0.4, 0.5) is 0 Å². The number of hydrogen-bond acceptors (Lipinski definition) is 7. The van der Waals surface area contributed by atoms with E-state index in [1.54, 1.807) is 6.92 Å². The van der Waals surface area contributed by atoms with Crippen LogP contribution in [-0.2, 0) is 14.3 Å². The lowest BCUT2D eigenvalue weighted by Crippen LogP contribution is -2.64. The summed E-state index contributed by atoms with van der Waals surface area (Å²) in [5.74, 6) is -0.991. The van der Waals surface area contributed by atoms with Gasteiger partial charge in [0.1, 0.15) is 5.54 Å². The molecule has 1 aliphatic heterocycles. The molecular formula is C12H26BCl2N3O5. The number of carbonyl (C=O) groups is 2. The molecule has 1 rings (SSSR count). The predicted molar refractivity (Wildman–Crippen MR) is 91.4 cm³/mol. The van der Waals surface area contributed by atoms with E-state index in [-0.39, 0.29) is 49.5 Å². The Kier molecular flexibility index (Phi) is 11.1. The average molecular weight is 374 g/mol. The van der Waals surface area contributed by atoms with Crippen LogP contribution in [-0.4, -0.2) is 65.7 Å². The Morgan fingerprint density at radius 2 is 2.00 bits per heavy atom. The lowest BCUT2D eigenvalue weighted by atomic mass is 9.75. The van der Waals surface area contributed by atoms with Crippen LogP contribution in [0.3, 0.4) is 0 Å². The van der Waals surface area contributed by atoms with Crippen molar-refractivity contribution in [3.05, 3.63) is 0 Å². The summed E-state index contributed by atoms with van der Waals surface area (Å²) in [7, 11) is -0.176. The molecule has 11 heteroatoms. The molecule has 0 spiro atoms. The first-order valence-electron chi connectivity index (χ1n) is 6.97. The number of carbonyl (C=O) groups excluding carboxylic acids is 2. The van der Waals surface area contributed by atoms with E-state index < -0.39 is 24.7 Å². The highest BCUT2D eigenvalue weighted by atomic mass is 35.5. The van der Waals surface area contributed by atoms with Crippen LogP contribution < -0.4 is 11.5 Å². The number of ether oxygens (including phenoxy) is 1. The zero-order valence-electron chi connectivity index (χ0n) is 13.3. The van der Waals surface area contributed by atoms with Crippen molar-refractivity contribution in [1.29, 1.82) is 0 Å². The largest absolute Gasteiger partial charge is 0.468 e. The maximum Gasteiger partial charge on any atom is 0.451 e. The van der Waals surface area contributed by atoms with Crippen LogP contribution in [0.25, 0.3) is 0 Å². The van der Waals surface area contributed by atoms with E-state index in [9.17, 15) is 9.59 Å². The smallest absolute Gasteiger partial charge is 0.451 e. The summed E-state index contributed by atoms with van der Waals surface area (Å²) >= 11 is 0. The Balaban J connectivity index is 0. The molecule has 3 atom stereocenters. The second kappa shape index (κ2) is 10.3. The van der Waals surface area contributed by atoms with Gasteiger partial charge in [0.25, 0.3) is 0 Å². The zero-order valence-corrected chi connectivity index (χ0v) is 14.9. The van der Waals surface area contributed by atoms with Crippen molar-refractivity contribution in [2.24, 2.45) is 17.4 Å². The standard InChI is InChI=1S/C12H24BN3O5.2ClH/c1-8(14)10(17)16-6-9(3-4-13(19)20)5-12(15,7-16)11(18)21-2;;/h8-9,19-20H,3-7,14-15H2,1-2H3;2*1H/t8?,9-,12+;;/m0../s1. The molecular weight excluding hydrogens is 348 g/mol. The molecule has 1 saturated heterocycles. The molecule has 0 aromatic rings. The van der Waals surface area contributed by atoms with Gasteiger partial charge in [-0.1, -0.05) is 6.42 Å². The molecule has 6 N–H and O–H groups in total. The highest BCUT2D eigenvalue weighted by Gasteiger charge is 2.45. The lowest BCUT2D eigenvalue weighted by Gasteiger charge is -2.43. The minimum absolute atomic E-state index is 0. The van der Waals surface area contributed by atoms with Crippen molar-refractivity contribution in [3.63, 3.8) is 0 Å². The van der Waals surface area contributed by atoms with Gasteiger partial charge in [0.05, 0.1) is 13.2 Å². The Bertz CT molecular complexity index is 403. The lowest BCUT2D eigenvalue weighted by molar-refractivity contribution is -0.152. The van der Waals surface area contributed by atoms with Crippen molar-refractivity contribution in [3.8, 4) is 0 Å². The number of piperidine rings is 1. The number of halogens is 2. The highest BCUT2D eigenvalue weighted by molar-refractivity contribution is 6.40. The first kappa shape index (κ1) is 24.7. The van der Waals surface area contributed by atoms with Crippen molar-refractivity contribution in [1.82, 2.24) is 4.90 Å². The monoisotopic (exact) mass is 373 g/mol. The first-order valence-corrected chi connectivity index (χ1v) is 6.97. The van der Waals surface area contributed by atoms with E-state index in [1.807, 2.05) is 0 Å². The second-order valence-corrected chi connectivity index (χ2v) is 5.78. The summed E-state index contributed by atoms with van der Waals surface area (Å²) in [6.07, 6.45) is 0.924. The van der Waals surface area contributed by atoms with Crippen molar-refractivity contribution < 1.29 is 24.4 Å². The van der Waals surface area contributed by atoms with E-state index in [1.165, 1.54) is 12.0 Å². The quantitative estimate of drug-likeness (QED) is 0.349. The summed E-state index contributed by atoms with van der Waals surface area (Å²) in [4.78, 5) is 25.4. The molecule has 23 heavy (non-hydrogen) atoms. The SMILES string of the molecule is COC(=O)[C@@]1(N)C[C@H](CCB(O)O)CN(C(=O)C(C)N)C1.Cl.Cl. The second-order valence-electron chi connectivity index (χ2n) is 5.78. The van der Waals surface area contributed by atoms with Gasteiger partial charge in [-0.3, -0.25) is 4.79 Å². The van der Waals surface area contributed by atoms with Gasteiger partial charge in [0.2, 0.25) is 5.91 Å². The maximum absolute atomic E-state index is 12.1. The number of amides is 1. The molecule has 0 aliphatic carbocycles. The maximum atomic E-state index is 12.1. The number of esters is 1. The molecule has 0 bridgehead atoms. The summed E-state index contributed by atoms with van der Waals surface area (Å²) in [6, 6.07) is -0.686. The normalized spacial score (nSPS) is 24.8.